The standard InChI is InChI=1S/C19H32N4O2.ClH/c24-18(21-17-10-15-7-8-16(11-17)20-15)13-4-3-9-23(12-13)19(25)22-14-5-1-2-6-14;/h13-17,20H,1-12H2,(H,21,24)(H,22,25);1H. The van der Waals surface area contributed by atoms with E-state index in [0.29, 0.717) is 30.7 Å². The molecule has 3 amide bonds. The Morgan fingerprint density at radius 1 is 0.846 bits per heavy atom. The lowest BCUT2D eigenvalue weighted by atomic mass is 9.95. The van der Waals surface area contributed by atoms with Crippen molar-refractivity contribution in [1.82, 2.24) is 20.9 Å². The van der Waals surface area contributed by atoms with E-state index in [4.69, 9.17) is 0 Å². The number of nitrogens with one attached hydrogen (secondary N) is 3. The normalized spacial score (nSPS) is 34.2. The smallest absolute Gasteiger partial charge is 0.317 e. The van der Waals surface area contributed by atoms with Crippen LogP contribution in [0.3, 0.4) is 0 Å². The van der Waals surface area contributed by atoms with Crippen molar-refractivity contribution in [3.8, 4) is 0 Å². The monoisotopic (exact) mass is 384 g/mol. The number of carbonyl (C=O) groups is 2. The van der Waals surface area contributed by atoms with Gasteiger partial charge in [-0.3, -0.25) is 4.79 Å². The summed E-state index contributed by atoms with van der Waals surface area (Å²) in [6.45, 7) is 1.35. The van der Waals surface area contributed by atoms with Gasteiger partial charge in [0.15, 0.2) is 0 Å². The molecule has 148 valence electrons. The van der Waals surface area contributed by atoms with E-state index in [0.717, 1.165) is 45.1 Å². The summed E-state index contributed by atoms with van der Waals surface area (Å²) in [7, 11) is 0. The molecular weight excluding hydrogens is 352 g/mol. The summed E-state index contributed by atoms with van der Waals surface area (Å²) in [6, 6.07) is 1.86. The quantitative estimate of drug-likeness (QED) is 0.698. The summed E-state index contributed by atoms with van der Waals surface area (Å²) in [4.78, 5) is 27.1. The van der Waals surface area contributed by atoms with E-state index in [2.05, 4.69) is 16.0 Å². The highest BCUT2D eigenvalue weighted by atomic mass is 35.5. The van der Waals surface area contributed by atoms with E-state index in [1.54, 1.807) is 0 Å². The number of halogens is 1. The maximum atomic E-state index is 12.7. The van der Waals surface area contributed by atoms with Crippen LogP contribution < -0.4 is 16.0 Å². The Bertz CT molecular complexity index is 500. The molecule has 26 heavy (non-hydrogen) atoms. The van der Waals surface area contributed by atoms with E-state index in [-0.39, 0.29) is 30.3 Å². The predicted molar refractivity (Wildman–Crippen MR) is 103 cm³/mol. The van der Waals surface area contributed by atoms with Gasteiger partial charge in [0.1, 0.15) is 0 Å². The molecule has 0 spiro atoms. The van der Waals surface area contributed by atoms with E-state index in [1.807, 2.05) is 4.90 Å². The SMILES string of the molecule is Cl.O=C(NC1CC2CCC(C1)N2)C1CCCN(C(=O)NC2CCCC2)C1. The molecule has 4 fully saturated rings. The van der Waals surface area contributed by atoms with Crippen LogP contribution in [0.4, 0.5) is 4.79 Å². The van der Waals surface area contributed by atoms with Crippen LogP contribution in [0.5, 0.6) is 0 Å². The summed E-state index contributed by atoms with van der Waals surface area (Å²) >= 11 is 0. The number of hydrogen-bond acceptors (Lipinski definition) is 3. The number of likely N-dealkylation sites (tertiary alicyclic amines) is 1. The van der Waals surface area contributed by atoms with Crippen molar-refractivity contribution in [2.45, 2.75) is 88.4 Å². The number of amides is 3. The van der Waals surface area contributed by atoms with Crippen molar-refractivity contribution in [2.75, 3.05) is 13.1 Å². The van der Waals surface area contributed by atoms with Crippen molar-refractivity contribution in [1.29, 1.82) is 0 Å². The Kier molecular flexibility index (Phi) is 6.67. The van der Waals surface area contributed by atoms with Crippen molar-refractivity contribution in [2.24, 2.45) is 5.92 Å². The fourth-order valence-corrected chi connectivity index (χ4v) is 5.21. The Hall–Kier alpha value is -1.01. The zero-order valence-corrected chi connectivity index (χ0v) is 16.4. The van der Waals surface area contributed by atoms with Crippen LogP contribution in [0, 0.1) is 5.92 Å². The van der Waals surface area contributed by atoms with Crippen molar-refractivity contribution in [3.63, 3.8) is 0 Å². The molecule has 3 atom stereocenters. The molecule has 0 aromatic carbocycles. The Balaban J connectivity index is 0.00000196. The second-order valence-corrected chi connectivity index (χ2v) is 8.53. The highest BCUT2D eigenvalue weighted by molar-refractivity contribution is 5.85. The number of fused-ring (bicyclic) bond motifs is 2. The first-order chi connectivity index (χ1) is 12.2. The lowest BCUT2D eigenvalue weighted by molar-refractivity contribution is -0.127. The molecule has 4 rings (SSSR count). The van der Waals surface area contributed by atoms with Gasteiger partial charge in [0, 0.05) is 37.3 Å². The van der Waals surface area contributed by atoms with Crippen molar-refractivity contribution < 1.29 is 9.59 Å². The van der Waals surface area contributed by atoms with Crippen LogP contribution in [-0.4, -0.2) is 54.1 Å². The summed E-state index contributed by atoms with van der Waals surface area (Å²) in [5.41, 5.74) is 0. The first-order valence-corrected chi connectivity index (χ1v) is 10.3. The fourth-order valence-electron chi connectivity index (χ4n) is 5.21. The third-order valence-corrected chi connectivity index (χ3v) is 6.58. The number of urea groups is 1. The number of piperidine rings is 2. The molecule has 3 saturated heterocycles. The summed E-state index contributed by atoms with van der Waals surface area (Å²) in [5, 5.41) is 10.1. The van der Waals surface area contributed by atoms with Gasteiger partial charge in [-0.2, -0.15) is 0 Å². The van der Waals surface area contributed by atoms with E-state index in [1.165, 1.54) is 25.7 Å². The first kappa shape index (κ1) is 19.7. The van der Waals surface area contributed by atoms with Gasteiger partial charge in [-0.05, 0) is 51.4 Å². The molecule has 0 aromatic heterocycles. The third kappa shape index (κ3) is 4.63. The number of nitrogens with zero attached hydrogens (tertiary/aromatic N) is 1. The molecule has 6 nitrogen and oxygen atoms in total. The Morgan fingerprint density at radius 3 is 2.23 bits per heavy atom. The topological polar surface area (TPSA) is 73.5 Å². The molecule has 2 bridgehead atoms. The number of rotatable bonds is 3. The van der Waals surface area contributed by atoms with Crippen LogP contribution in [0.1, 0.15) is 64.2 Å². The van der Waals surface area contributed by atoms with E-state index < -0.39 is 0 Å². The predicted octanol–water partition coefficient (Wildman–Crippen LogP) is 2.17. The van der Waals surface area contributed by atoms with Gasteiger partial charge in [0.25, 0.3) is 0 Å². The maximum Gasteiger partial charge on any atom is 0.317 e. The highest BCUT2D eigenvalue weighted by Gasteiger charge is 2.36. The van der Waals surface area contributed by atoms with Gasteiger partial charge >= 0.3 is 6.03 Å². The summed E-state index contributed by atoms with van der Waals surface area (Å²) in [5.74, 6) is 0.111. The Morgan fingerprint density at radius 2 is 1.54 bits per heavy atom. The average Bonchev–Trinajstić information content (AvgIpc) is 3.24. The third-order valence-electron chi connectivity index (χ3n) is 6.58. The summed E-state index contributed by atoms with van der Waals surface area (Å²) in [6.07, 6.45) is 11.1. The zero-order chi connectivity index (χ0) is 17.2. The number of hydrogen-bond donors (Lipinski definition) is 3. The van der Waals surface area contributed by atoms with Gasteiger partial charge in [-0.1, -0.05) is 12.8 Å². The zero-order valence-electron chi connectivity index (χ0n) is 15.5. The molecule has 3 N–H and O–H groups in total. The molecule has 7 heteroatoms. The maximum absolute atomic E-state index is 12.7. The average molecular weight is 385 g/mol. The number of carbonyl (C=O) groups excluding carboxylic acids is 2. The van der Waals surface area contributed by atoms with Crippen LogP contribution >= 0.6 is 12.4 Å². The van der Waals surface area contributed by atoms with Crippen LogP contribution in [-0.2, 0) is 4.79 Å². The molecular formula is C19H33ClN4O2. The van der Waals surface area contributed by atoms with Gasteiger partial charge in [-0.25, -0.2) is 4.79 Å². The van der Waals surface area contributed by atoms with Crippen molar-refractivity contribution >= 4 is 24.3 Å². The minimum Gasteiger partial charge on any atom is -0.353 e. The van der Waals surface area contributed by atoms with Gasteiger partial charge in [0.2, 0.25) is 5.91 Å². The lowest BCUT2D eigenvalue weighted by Crippen LogP contribution is -2.53. The van der Waals surface area contributed by atoms with Gasteiger partial charge in [0.05, 0.1) is 5.92 Å². The van der Waals surface area contributed by atoms with Crippen molar-refractivity contribution in [3.05, 3.63) is 0 Å². The Labute approximate surface area is 162 Å². The fraction of sp³-hybridized carbons (Fsp3) is 0.895. The molecule has 3 aliphatic heterocycles. The van der Waals surface area contributed by atoms with Crippen LogP contribution in [0.15, 0.2) is 0 Å². The molecule has 3 heterocycles. The molecule has 1 aliphatic carbocycles. The molecule has 3 unspecified atom stereocenters. The minimum atomic E-state index is -0.0457. The summed E-state index contributed by atoms with van der Waals surface area (Å²) < 4.78 is 0. The molecule has 4 aliphatic rings. The highest BCUT2D eigenvalue weighted by Crippen LogP contribution is 2.27. The molecule has 0 aromatic rings. The second-order valence-electron chi connectivity index (χ2n) is 8.53. The largest absolute Gasteiger partial charge is 0.353 e. The second kappa shape index (κ2) is 8.79. The first-order valence-electron chi connectivity index (χ1n) is 10.3. The molecule has 0 radical (unpaired) electrons. The van der Waals surface area contributed by atoms with E-state index in [9.17, 15) is 9.59 Å². The van der Waals surface area contributed by atoms with E-state index >= 15 is 0 Å². The lowest BCUT2D eigenvalue weighted by Gasteiger charge is -2.35. The van der Waals surface area contributed by atoms with Gasteiger partial charge < -0.3 is 20.9 Å². The van der Waals surface area contributed by atoms with Gasteiger partial charge in [-0.15, -0.1) is 12.4 Å². The molecule has 1 saturated carbocycles. The van der Waals surface area contributed by atoms with Crippen LogP contribution in [0.25, 0.3) is 0 Å². The minimum absolute atomic E-state index is 0. The van der Waals surface area contributed by atoms with Crippen LogP contribution in [0.2, 0.25) is 0 Å².